The Balaban J connectivity index is 1.65. The molecule has 3 aliphatic carbocycles. The van der Waals surface area contributed by atoms with Gasteiger partial charge in [0.25, 0.3) is 11.8 Å². The summed E-state index contributed by atoms with van der Waals surface area (Å²) in [4.78, 5) is 25.5. The van der Waals surface area contributed by atoms with E-state index in [4.69, 9.17) is 0 Å². The zero-order valence-corrected chi connectivity index (χ0v) is 17.8. The fourth-order valence-corrected chi connectivity index (χ4v) is 7.01. The van der Waals surface area contributed by atoms with Gasteiger partial charge < -0.3 is 15.7 Å². The molecule has 0 spiro atoms. The van der Waals surface area contributed by atoms with Gasteiger partial charge in [-0.2, -0.15) is 0 Å². The third kappa shape index (κ3) is 3.01. The Kier molecular flexibility index (Phi) is 4.68. The highest BCUT2D eigenvalue weighted by molar-refractivity contribution is 6.19. The van der Waals surface area contributed by atoms with E-state index in [0.29, 0.717) is 17.3 Å². The minimum atomic E-state index is -0.748. The molecule has 1 heterocycles. The third-order valence-corrected chi connectivity index (χ3v) is 8.65. The molecule has 156 valence electrons. The number of fused-ring (bicyclic) bond motifs is 5. The minimum absolute atomic E-state index is 0.120. The highest BCUT2D eigenvalue weighted by atomic mass is 16.3. The van der Waals surface area contributed by atoms with Crippen LogP contribution in [0.4, 0.5) is 0 Å². The molecule has 0 saturated heterocycles. The molecule has 28 heavy (non-hydrogen) atoms. The maximum absolute atomic E-state index is 12.8. The maximum Gasteiger partial charge on any atom is 0.257 e. The molecule has 1 aliphatic heterocycles. The molecule has 0 unspecified atom stereocenters. The van der Waals surface area contributed by atoms with Crippen molar-refractivity contribution in [3.8, 4) is 0 Å². The number of carbonyl (C=O) groups excluding carboxylic acids is 2. The van der Waals surface area contributed by atoms with Crippen LogP contribution in [0.2, 0.25) is 0 Å². The molecule has 5 heteroatoms. The molecule has 0 radical (unpaired) electrons. The topological polar surface area (TPSA) is 78.4 Å². The van der Waals surface area contributed by atoms with Crippen molar-refractivity contribution in [2.45, 2.75) is 84.2 Å². The summed E-state index contributed by atoms with van der Waals surface area (Å²) < 4.78 is 0. The Morgan fingerprint density at radius 1 is 1.21 bits per heavy atom. The van der Waals surface area contributed by atoms with Crippen molar-refractivity contribution < 1.29 is 14.7 Å². The molecule has 0 aromatic rings. The van der Waals surface area contributed by atoms with E-state index < -0.39 is 5.54 Å². The van der Waals surface area contributed by atoms with Crippen molar-refractivity contribution in [3.63, 3.8) is 0 Å². The fourth-order valence-electron chi connectivity index (χ4n) is 7.01. The van der Waals surface area contributed by atoms with Crippen molar-refractivity contribution in [2.24, 2.45) is 28.6 Å². The number of hydrogen-bond donors (Lipinski definition) is 3. The fraction of sp³-hybridized carbons (Fsp3) is 0.826. The molecule has 0 aromatic carbocycles. The zero-order valence-electron chi connectivity index (χ0n) is 17.8. The average Bonchev–Trinajstić information content (AvgIpc) is 3.03. The second-order valence-corrected chi connectivity index (χ2v) is 11.0. The number of amides is 2. The minimum Gasteiger partial charge on any atom is -0.394 e. The van der Waals surface area contributed by atoms with E-state index >= 15 is 0 Å². The number of nitrogens with one attached hydrogen (secondary N) is 2. The van der Waals surface area contributed by atoms with Crippen LogP contribution in [0.15, 0.2) is 11.6 Å². The monoisotopic (exact) mass is 388 g/mol. The summed E-state index contributed by atoms with van der Waals surface area (Å²) in [5.41, 5.74) is -0.198. The lowest BCUT2D eigenvalue weighted by Gasteiger charge is -2.58. The Morgan fingerprint density at radius 2 is 1.96 bits per heavy atom. The van der Waals surface area contributed by atoms with E-state index in [2.05, 4.69) is 24.5 Å². The molecule has 0 bridgehead atoms. The predicted molar refractivity (Wildman–Crippen MR) is 108 cm³/mol. The van der Waals surface area contributed by atoms with E-state index in [1.807, 2.05) is 6.08 Å². The Bertz CT molecular complexity index is 715. The lowest BCUT2D eigenvalue weighted by atomic mass is 9.48. The quantitative estimate of drug-likeness (QED) is 0.651. The summed E-state index contributed by atoms with van der Waals surface area (Å²) >= 11 is 0. The van der Waals surface area contributed by atoms with Gasteiger partial charge in [-0.1, -0.05) is 26.3 Å². The molecule has 5 nitrogen and oxygen atoms in total. The number of rotatable bonds is 3. The second kappa shape index (κ2) is 6.58. The number of aliphatic hydroxyl groups excluding tert-OH is 1. The predicted octanol–water partition coefficient (Wildman–Crippen LogP) is 2.93. The maximum atomic E-state index is 12.8. The average molecular weight is 389 g/mol. The van der Waals surface area contributed by atoms with Gasteiger partial charge >= 0.3 is 0 Å². The van der Waals surface area contributed by atoms with Crippen LogP contribution in [0.25, 0.3) is 0 Å². The summed E-state index contributed by atoms with van der Waals surface area (Å²) in [5.74, 6) is 1.37. The summed E-state index contributed by atoms with van der Waals surface area (Å²) in [5, 5.41) is 15.5. The number of carbonyl (C=O) groups is 2. The summed E-state index contributed by atoms with van der Waals surface area (Å²) in [6, 6.07) is 0.120. The summed E-state index contributed by atoms with van der Waals surface area (Å²) in [6.45, 7) is 8.10. The highest BCUT2D eigenvalue weighted by Crippen LogP contribution is 2.63. The van der Waals surface area contributed by atoms with Crippen LogP contribution in [-0.4, -0.2) is 35.1 Å². The van der Waals surface area contributed by atoms with Crippen LogP contribution in [0.5, 0.6) is 0 Å². The first kappa shape index (κ1) is 19.9. The van der Waals surface area contributed by atoms with Gasteiger partial charge in [0, 0.05) is 11.5 Å². The number of aliphatic hydroxyl groups is 1. The lowest BCUT2D eigenvalue weighted by molar-refractivity contribution is -0.128. The van der Waals surface area contributed by atoms with Crippen molar-refractivity contribution in [1.82, 2.24) is 10.6 Å². The van der Waals surface area contributed by atoms with Crippen LogP contribution in [-0.2, 0) is 9.59 Å². The summed E-state index contributed by atoms with van der Waals surface area (Å²) in [7, 11) is 0. The van der Waals surface area contributed by atoms with Crippen LogP contribution in [0, 0.1) is 28.6 Å². The highest BCUT2D eigenvalue weighted by Gasteiger charge is 2.58. The van der Waals surface area contributed by atoms with Crippen LogP contribution < -0.4 is 10.6 Å². The van der Waals surface area contributed by atoms with Gasteiger partial charge in [0.05, 0.1) is 12.1 Å². The first-order valence-corrected chi connectivity index (χ1v) is 11.1. The summed E-state index contributed by atoms with van der Waals surface area (Å²) in [6.07, 6.45) is 10.7. The van der Waals surface area contributed by atoms with Crippen LogP contribution in [0.1, 0.15) is 72.6 Å². The van der Waals surface area contributed by atoms with Crippen molar-refractivity contribution >= 4 is 11.8 Å². The molecule has 0 aromatic heterocycles. The number of hydrogen-bond acceptors (Lipinski definition) is 3. The molecular formula is C23H36N2O3. The molecule has 6 atom stereocenters. The molecule has 3 N–H and O–H groups in total. The Morgan fingerprint density at radius 3 is 2.68 bits per heavy atom. The second-order valence-electron chi connectivity index (χ2n) is 11.0. The van der Waals surface area contributed by atoms with Crippen LogP contribution >= 0.6 is 0 Å². The van der Waals surface area contributed by atoms with Gasteiger partial charge in [0.1, 0.15) is 5.57 Å². The van der Waals surface area contributed by atoms with Crippen LogP contribution in [0.3, 0.4) is 0 Å². The van der Waals surface area contributed by atoms with Crippen molar-refractivity contribution in [2.75, 3.05) is 6.61 Å². The van der Waals surface area contributed by atoms with Gasteiger partial charge in [-0.25, -0.2) is 0 Å². The van der Waals surface area contributed by atoms with E-state index in [0.717, 1.165) is 12.3 Å². The Labute approximate surface area is 168 Å². The first-order chi connectivity index (χ1) is 13.1. The molecule has 2 amide bonds. The van der Waals surface area contributed by atoms with Gasteiger partial charge in [0.15, 0.2) is 0 Å². The zero-order chi connectivity index (χ0) is 20.3. The van der Waals surface area contributed by atoms with E-state index in [1.54, 1.807) is 13.8 Å². The molecule has 4 aliphatic rings. The van der Waals surface area contributed by atoms with Gasteiger partial charge in [0.2, 0.25) is 0 Å². The normalized spacial score (nSPS) is 42.6. The Hall–Kier alpha value is -1.36. The first-order valence-electron chi connectivity index (χ1n) is 11.1. The SMILES string of the molecule is CC(C)(CO)NC(=O)C1=C[C@@]2(C)[C@@H](CC[C@H]3[C@@H]4CCC[C@@]4(C)CC[C@@H]32)NC1=O. The molecule has 4 rings (SSSR count). The van der Waals surface area contributed by atoms with E-state index in [-0.39, 0.29) is 35.5 Å². The molecule has 3 fully saturated rings. The smallest absolute Gasteiger partial charge is 0.257 e. The van der Waals surface area contributed by atoms with Gasteiger partial charge in [-0.3, -0.25) is 9.59 Å². The van der Waals surface area contributed by atoms with Gasteiger partial charge in [-0.15, -0.1) is 0 Å². The van der Waals surface area contributed by atoms with E-state index in [9.17, 15) is 14.7 Å². The molecular weight excluding hydrogens is 352 g/mol. The standard InChI is InChI=1S/C23H36N2O3/c1-21(2,13-26)25-20(28)15-12-23(4)17-9-11-22(3)10-5-6-16(22)14(17)7-8-18(23)24-19(15)27/h12,14,16-18,26H,5-11,13H2,1-4H3,(H,24,27)(H,25,28)/t14-,16-,17-,18+,22-,23+/m0/s1. The van der Waals surface area contributed by atoms with E-state index in [1.165, 1.54) is 38.5 Å². The van der Waals surface area contributed by atoms with Crippen molar-refractivity contribution in [1.29, 1.82) is 0 Å². The van der Waals surface area contributed by atoms with Gasteiger partial charge in [-0.05, 0) is 75.5 Å². The lowest BCUT2D eigenvalue weighted by Crippen LogP contribution is -2.61. The van der Waals surface area contributed by atoms with Crippen molar-refractivity contribution in [3.05, 3.63) is 11.6 Å². The third-order valence-electron chi connectivity index (χ3n) is 8.65. The largest absolute Gasteiger partial charge is 0.394 e. The molecule has 3 saturated carbocycles.